The minimum atomic E-state index is -1.37. The molecule has 3 heterocycles. The van der Waals surface area contributed by atoms with Gasteiger partial charge in [0.05, 0.1) is 47.5 Å². The third kappa shape index (κ3) is 6.75. The van der Waals surface area contributed by atoms with Crippen molar-refractivity contribution in [3.63, 3.8) is 0 Å². The van der Waals surface area contributed by atoms with Crippen molar-refractivity contribution in [2.45, 2.75) is 32.4 Å². The van der Waals surface area contributed by atoms with Gasteiger partial charge in [0, 0.05) is 43.6 Å². The minimum Gasteiger partial charge on any atom is -0.377 e. The van der Waals surface area contributed by atoms with Crippen molar-refractivity contribution in [2.75, 3.05) is 48.0 Å². The molecule has 5 rings (SSSR count). The van der Waals surface area contributed by atoms with Gasteiger partial charge in [0.15, 0.2) is 0 Å². The van der Waals surface area contributed by atoms with Crippen molar-refractivity contribution < 1.29 is 27.1 Å². The molecule has 2 aliphatic heterocycles. The normalized spacial score (nSPS) is 20.4. The van der Waals surface area contributed by atoms with Crippen molar-refractivity contribution in [3.05, 3.63) is 71.6 Å². The van der Waals surface area contributed by atoms with Gasteiger partial charge in [-0.15, -0.1) is 24.8 Å². The molecule has 0 saturated carbocycles. The Hall–Kier alpha value is -3.12. The highest BCUT2D eigenvalue weighted by Crippen LogP contribution is 2.36. The Bertz CT molecular complexity index is 1400. The first-order valence-electron chi connectivity index (χ1n) is 13.2. The number of ether oxygens (including phenoxy) is 1. The largest absolute Gasteiger partial charge is 0.377 e. The summed E-state index contributed by atoms with van der Waals surface area (Å²) in [5.41, 5.74) is 4.97. The Labute approximate surface area is 254 Å². The third-order valence-electron chi connectivity index (χ3n) is 7.39. The summed E-state index contributed by atoms with van der Waals surface area (Å²) in [6, 6.07) is 5.36. The van der Waals surface area contributed by atoms with Crippen molar-refractivity contribution in [2.24, 2.45) is 11.7 Å². The average molecular weight is 631 g/mol. The molecule has 7 nitrogen and oxygen atoms in total. The molecule has 0 unspecified atom stereocenters. The number of nitrogens with zero attached hydrogens (tertiary/aromatic N) is 3. The molecule has 42 heavy (non-hydrogen) atoms. The molecule has 2 fully saturated rings. The zero-order valence-corrected chi connectivity index (χ0v) is 24.7. The van der Waals surface area contributed by atoms with E-state index in [2.05, 4.69) is 17.2 Å². The van der Waals surface area contributed by atoms with Gasteiger partial charge >= 0.3 is 0 Å². The van der Waals surface area contributed by atoms with Gasteiger partial charge < -0.3 is 25.6 Å². The number of hydrogen-bond acceptors (Lipinski definition) is 6. The standard InChI is InChI=1S/C29H31F4N5O2.2ClH/c1-16-9-18(34)14-37(13-16)25-5-6-35-12-24(25)36-29(39)20-3-4-21(30)27(28(20)33)26-22(31)10-19(11-23(26)32)38-7-8-40-15-17(38)2;;/h3-6,10-12,16-18H,7-9,13-15,34H2,1-2H3,(H,36,39);2*1H/t16-,17+,18+;;/m1../s1. The summed E-state index contributed by atoms with van der Waals surface area (Å²) < 4.78 is 66.5. The van der Waals surface area contributed by atoms with E-state index in [4.69, 9.17) is 10.5 Å². The zero-order chi connectivity index (χ0) is 28.6. The first-order chi connectivity index (χ1) is 19.1. The number of nitrogens with one attached hydrogen (secondary N) is 1. The van der Waals surface area contributed by atoms with Gasteiger partial charge in [0.2, 0.25) is 0 Å². The molecule has 1 amide bonds. The second kappa shape index (κ2) is 13.9. The summed E-state index contributed by atoms with van der Waals surface area (Å²) >= 11 is 0. The van der Waals surface area contributed by atoms with Crippen LogP contribution in [0.25, 0.3) is 11.1 Å². The van der Waals surface area contributed by atoms with Crippen LogP contribution in [-0.2, 0) is 4.74 Å². The lowest BCUT2D eigenvalue weighted by Crippen LogP contribution is -2.46. The lowest BCUT2D eigenvalue weighted by Gasteiger charge is -2.37. The van der Waals surface area contributed by atoms with Crippen molar-refractivity contribution in [1.82, 2.24) is 4.98 Å². The predicted molar refractivity (Wildman–Crippen MR) is 160 cm³/mol. The maximum absolute atomic E-state index is 15.7. The van der Waals surface area contributed by atoms with Gasteiger partial charge in [-0.2, -0.15) is 0 Å². The van der Waals surface area contributed by atoms with Crippen LogP contribution in [0.4, 0.5) is 34.6 Å². The molecule has 0 spiro atoms. The number of benzene rings is 2. The molecule has 3 aromatic rings. The van der Waals surface area contributed by atoms with Crippen LogP contribution in [0.15, 0.2) is 42.7 Å². The van der Waals surface area contributed by atoms with E-state index >= 15 is 13.2 Å². The molecule has 3 N–H and O–H groups in total. The summed E-state index contributed by atoms with van der Waals surface area (Å²) in [6.45, 7) is 6.37. The second-order valence-corrected chi connectivity index (χ2v) is 10.5. The fourth-order valence-electron chi connectivity index (χ4n) is 5.58. The summed E-state index contributed by atoms with van der Waals surface area (Å²) in [4.78, 5) is 21.1. The van der Waals surface area contributed by atoms with Crippen molar-refractivity contribution in [1.29, 1.82) is 0 Å². The van der Waals surface area contributed by atoms with Gasteiger partial charge in [-0.05, 0) is 49.6 Å². The Morgan fingerprint density at radius 1 is 1.02 bits per heavy atom. The fraction of sp³-hybridized carbons (Fsp3) is 0.379. The van der Waals surface area contributed by atoms with Gasteiger partial charge in [-0.25, -0.2) is 17.6 Å². The van der Waals surface area contributed by atoms with E-state index < -0.39 is 45.9 Å². The van der Waals surface area contributed by atoms with E-state index in [9.17, 15) is 9.18 Å². The van der Waals surface area contributed by atoms with E-state index in [1.807, 2.05) is 11.8 Å². The first-order valence-corrected chi connectivity index (χ1v) is 13.2. The number of carbonyl (C=O) groups excluding carboxylic acids is 1. The Balaban J connectivity index is 0.00000242. The Kier molecular flexibility index (Phi) is 11.0. The number of carbonyl (C=O) groups is 1. The smallest absolute Gasteiger partial charge is 0.258 e. The average Bonchev–Trinajstić information content (AvgIpc) is 2.90. The van der Waals surface area contributed by atoms with E-state index in [0.717, 1.165) is 30.7 Å². The van der Waals surface area contributed by atoms with Crippen molar-refractivity contribution >= 4 is 47.8 Å². The highest BCUT2D eigenvalue weighted by Gasteiger charge is 2.29. The molecule has 0 aliphatic carbocycles. The third-order valence-corrected chi connectivity index (χ3v) is 7.39. The number of anilines is 3. The monoisotopic (exact) mass is 629 g/mol. The predicted octanol–water partition coefficient (Wildman–Crippen LogP) is 5.80. The molecule has 2 aromatic carbocycles. The van der Waals surface area contributed by atoms with Crippen LogP contribution in [0.1, 0.15) is 30.6 Å². The van der Waals surface area contributed by atoms with Crippen LogP contribution in [0.3, 0.4) is 0 Å². The number of halogens is 6. The maximum atomic E-state index is 15.7. The van der Waals surface area contributed by atoms with Crippen LogP contribution in [0.5, 0.6) is 0 Å². The number of hydrogen-bond donors (Lipinski definition) is 2. The molecule has 13 heteroatoms. The number of piperidine rings is 1. The first kappa shape index (κ1) is 33.4. The quantitative estimate of drug-likeness (QED) is 0.347. The van der Waals surface area contributed by atoms with Crippen molar-refractivity contribution in [3.8, 4) is 11.1 Å². The van der Waals surface area contributed by atoms with Gasteiger partial charge in [-0.3, -0.25) is 9.78 Å². The fourth-order valence-corrected chi connectivity index (χ4v) is 5.58. The van der Waals surface area contributed by atoms with E-state index in [-0.39, 0.29) is 42.6 Å². The SMILES string of the molecule is C[C@@H]1C[C@H](N)CN(c2ccncc2NC(=O)c2ccc(F)c(-c3c(F)cc(N4CCOC[C@@H]4C)cc3F)c2F)C1.Cl.Cl. The Morgan fingerprint density at radius 2 is 1.74 bits per heavy atom. The van der Waals surface area contributed by atoms with Gasteiger partial charge in [0.1, 0.15) is 23.3 Å². The summed E-state index contributed by atoms with van der Waals surface area (Å²) in [7, 11) is 0. The molecule has 2 saturated heterocycles. The van der Waals surface area contributed by atoms with E-state index in [0.29, 0.717) is 50.1 Å². The number of nitrogens with two attached hydrogens (primary N) is 1. The lowest BCUT2D eigenvalue weighted by molar-refractivity contribution is 0.0989. The van der Waals surface area contributed by atoms with Crippen LogP contribution in [0, 0.1) is 29.2 Å². The van der Waals surface area contributed by atoms with E-state index in [1.165, 1.54) is 6.20 Å². The molecular formula is C29H33Cl2F4N5O2. The molecule has 0 radical (unpaired) electrons. The topological polar surface area (TPSA) is 83.7 Å². The molecular weight excluding hydrogens is 597 g/mol. The van der Waals surface area contributed by atoms with Crippen LogP contribution in [0.2, 0.25) is 0 Å². The second-order valence-electron chi connectivity index (χ2n) is 10.5. The molecule has 0 bridgehead atoms. The number of morpholine rings is 1. The number of amides is 1. The summed E-state index contributed by atoms with van der Waals surface area (Å²) in [5, 5.41) is 2.63. The maximum Gasteiger partial charge on any atom is 0.258 e. The summed E-state index contributed by atoms with van der Waals surface area (Å²) in [5.74, 6) is -5.45. The molecule has 2 aliphatic rings. The van der Waals surface area contributed by atoms with Crippen LogP contribution < -0.4 is 20.9 Å². The Morgan fingerprint density at radius 3 is 2.40 bits per heavy atom. The van der Waals surface area contributed by atoms with Gasteiger partial charge in [0.25, 0.3) is 5.91 Å². The van der Waals surface area contributed by atoms with Crippen LogP contribution >= 0.6 is 24.8 Å². The number of rotatable bonds is 5. The zero-order valence-electron chi connectivity index (χ0n) is 23.1. The minimum absolute atomic E-state index is 0. The summed E-state index contributed by atoms with van der Waals surface area (Å²) in [6.07, 6.45) is 3.86. The molecule has 1 aromatic heterocycles. The highest BCUT2D eigenvalue weighted by molar-refractivity contribution is 6.06. The molecule has 3 atom stereocenters. The highest BCUT2D eigenvalue weighted by atomic mass is 35.5. The number of aromatic nitrogens is 1. The van der Waals surface area contributed by atoms with Gasteiger partial charge in [-0.1, -0.05) is 6.92 Å². The van der Waals surface area contributed by atoms with E-state index in [1.54, 1.807) is 17.2 Å². The number of pyridine rings is 1. The lowest BCUT2D eigenvalue weighted by atomic mass is 9.96. The molecule has 228 valence electrons. The van der Waals surface area contributed by atoms with Crippen LogP contribution in [-0.4, -0.2) is 55.8 Å².